The van der Waals surface area contributed by atoms with Crippen molar-refractivity contribution in [3.8, 4) is 0 Å². The quantitative estimate of drug-likeness (QED) is 0.905. The summed E-state index contributed by atoms with van der Waals surface area (Å²) in [6.07, 6.45) is 1.16. The molecule has 0 atom stereocenters. The zero-order valence-corrected chi connectivity index (χ0v) is 11.4. The molecule has 19 heavy (non-hydrogen) atoms. The largest absolute Gasteiger partial charge is 0.478 e. The first-order valence-electron chi connectivity index (χ1n) is 5.23. The molecule has 98 valence electrons. The highest BCUT2D eigenvalue weighted by atomic mass is 79.9. The first kappa shape index (κ1) is 13.3. The van der Waals surface area contributed by atoms with Gasteiger partial charge < -0.3 is 14.8 Å². The maximum absolute atomic E-state index is 11.9. The molecule has 2 rings (SSSR count). The van der Waals surface area contributed by atoms with E-state index < -0.39 is 11.9 Å². The van der Waals surface area contributed by atoms with E-state index in [9.17, 15) is 9.59 Å². The summed E-state index contributed by atoms with van der Waals surface area (Å²) in [6, 6.07) is 4.54. The zero-order chi connectivity index (χ0) is 14.0. The molecule has 0 bridgehead atoms. The van der Waals surface area contributed by atoms with E-state index in [0.717, 1.165) is 6.39 Å². The minimum absolute atomic E-state index is 0.0140. The van der Waals surface area contributed by atoms with Gasteiger partial charge in [-0.1, -0.05) is 15.9 Å². The summed E-state index contributed by atoms with van der Waals surface area (Å²) in [5.41, 5.74) is 0.614. The van der Waals surface area contributed by atoms with Crippen molar-refractivity contribution < 1.29 is 19.1 Å². The number of aromatic carboxylic acids is 1. The third-order valence-corrected chi connectivity index (χ3v) is 2.91. The fourth-order valence-corrected chi connectivity index (χ4v) is 1.86. The smallest absolute Gasteiger partial charge is 0.337 e. The second-order valence-electron chi connectivity index (χ2n) is 3.72. The van der Waals surface area contributed by atoms with Gasteiger partial charge in [0.15, 0.2) is 6.39 Å². The van der Waals surface area contributed by atoms with E-state index in [-0.39, 0.29) is 17.0 Å². The number of nitrogens with one attached hydrogen (secondary N) is 1. The standard InChI is InChI=1S/C12H9BrN2O4/c1-6-10(19-5-14-6)11(16)15-9-3-2-7(13)4-8(9)12(17)18/h2-5H,1H3,(H,15,16)(H,17,18). The average Bonchev–Trinajstić information content (AvgIpc) is 2.77. The number of carboxylic acid groups (broad SMARTS) is 1. The number of halogens is 1. The van der Waals surface area contributed by atoms with Crippen LogP contribution in [0.2, 0.25) is 0 Å². The highest BCUT2D eigenvalue weighted by Crippen LogP contribution is 2.22. The van der Waals surface area contributed by atoms with Crippen molar-refractivity contribution in [1.82, 2.24) is 4.98 Å². The van der Waals surface area contributed by atoms with Gasteiger partial charge in [0.2, 0.25) is 5.76 Å². The second kappa shape index (κ2) is 5.23. The van der Waals surface area contributed by atoms with Gasteiger partial charge in [0.1, 0.15) is 0 Å². The predicted molar refractivity (Wildman–Crippen MR) is 70.3 cm³/mol. The lowest BCUT2D eigenvalue weighted by molar-refractivity contribution is 0.0698. The zero-order valence-electron chi connectivity index (χ0n) is 9.81. The Morgan fingerprint density at radius 2 is 2.16 bits per heavy atom. The average molecular weight is 325 g/mol. The van der Waals surface area contributed by atoms with Crippen LogP contribution >= 0.6 is 15.9 Å². The Hall–Kier alpha value is -2.15. The van der Waals surface area contributed by atoms with Gasteiger partial charge >= 0.3 is 5.97 Å². The van der Waals surface area contributed by atoms with Gasteiger partial charge in [0.25, 0.3) is 5.91 Å². The van der Waals surface area contributed by atoms with Gasteiger partial charge in [-0.25, -0.2) is 9.78 Å². The number of rotatable bonds is 3. The number of aromatic nitrogens is 1. The van der Waals surface area contributed by atoms with E-state index in [1.165, 1.54) is 12.1 Å². The number of benzene rings is 1. The molecule has 2 N–H and O–H groups in total. The molecule has 0 aliphatic rings. The predicted octanol–water partition coefficient (Wildman–Crippen LogP) is 2.70. The Kier molecular flexibility index (Phi) is 3.66. The Morgan fingerprint density at radius 3 is 2.74 bits per heavy atom. The van der Waals surface area contributed by atoms with Crippen LogP contribution in [0.15, 0.2) is 33.5 Å². The molecule has 0 radical (unpaired) electrons. The van der Waals surface area contributed by atoms with Crippen LogP contribution in [-0.2, 0) is 0 Å². The number of hydrogen-bond acceptors (Lipinski definition) is 4. The molecule has 0 saturated carbocycles. The molecular weight excluding hydrogens is 316 g/mol. The van der Waals surface area contributed by atoms with E-state index in [4.69, 9.17) is 9.52 Å². The molecular formula is C12H9BrN2O4. The van der Waals surface area contributed by atoms with Crippen molar-refractivity contribution in [2.45, 2.75) is 6.92 Å². The molecule has 6 nitrogen and oxygen atoms in total. The number of hydrogen-bond donors (Lipinski definition) is 2. The van der Waals surface area contributed by atoms with Gasteiger partial charge in [-0.05, 0) is 25.1 Å². The molecule has 1 heterocycles. The van der Waals surface area contributed by atoms with Crippen LogP contribution in [0.4, 0.5) is 5.69 Å². The molecule has 0 aliphatic carbocycles. The third kappa shape index (κ3) is 2.82. The lowest BCUT2D eigenvalue weighted by atomic mass is 10.1. The fraction of sp³-hybridized carbons (Fsp3) is 0.0833. The summed E-state index contributed by atoms with van der Waals surface area (Å²) in [5.74, 6) is -1.62. The molecule has 1 amide bonds. The molecule has 2 aromatic rings. The maximum Gasteiger partial charge on any atom is 0.337 e. The lowest BCUT2D eigenvalue weighted by Gasteiger charge is -2.07. The minimum Gasteiger partial charge on any atom is -0.478 e. The number of nitrogens with zero attached hydrogens (tertiary/aromatic N) is 1. The van der Waals surface area contributed by atoms with Gasteiger partial charge in [-0.15, -0.1) is 0 Å². The number of carbonyl (C=O) groups excluding carboxylic acids is 1. The van der Waals surface area contributed by atoms with Crippen molar-refractivity contribution in [1.29, 1.82) is 0 Å². The topological polar surface area (TPSA) is 92.4 Å². The molecule has 0 saturated heterocycles. The molecule has 0 aliphatic heterocycles. The fourth-order valence-electron chi connectivity index (χ4n) is 1.50. The van der Waals surface area contributed by atoms with Crippen LogP contribution < -0.4 is 5.32 Å². The molecule has 0 spiro atoms. The van der Waals surface area contributed by atoms with E-state index in [1.807, 2.05) is 0 Å². The van der Waals surface area contributed by atoms with Gasteiger partial charge in [0, 0.05) is 4.47 Å². The Labute approximate surface area is 116 Å². The lowest BCUT2D eigenvalue weighted by Crippen LogP contribution is -2.15. The highest BCUT2D eigenvalue weighted by Gasteiger charge is 2.17. The summed E-state index contributed by atoms with van der Waals surface area (Å²) in [4.78, 5) is 26.8. The van der Waals surface area contributed by atoms with Crippen molar-refractivity contribution in [3.05, 3.63) is 46.1 Å². The van der Waals surface area contributed by atoms with Gasteiger partial charge in [0.05, 0.1) is 16.9 Å². The summed E-state index contributed by atoms with van der Waals surface area (Å²) in [7, 11) is 0. The van der Waals surface area contributed by atoms with Crippen molar-refractivity contribution in [2.24, 2.45) is 0 Å². The molecule has 0 fully saturated rings. The second-order valence-corrected chi connectivity index (χ2v) is 4.63. The SMILES string of the molecule is Cc1ncoc1C(=O)Nc1ccc(Br)cc1C(=O)O. The van der Waals surface area contributed by atoms with E-state index in [0.29, 0.717) is 10.2 Å². The number of anilines is 1. The van der Waals surface area contributed by atoms with Crippen molar-refractivity contribution >= 4 is 33.5 Å². The highest BCUT2D eigenvalue weighted by molar-refractivity contribution is 9.10. The summed E-state index contributed by atoms with van der Waals surface area (Å²) >= 11 is 3.18. The molecule has 1 aromatic carbocycles. The first-order valence-corrected chi connectivity index (χ1v) is 6.02. The number of carboxylic acids is 1. The van der Waals surface area contributed by atoms with Crippen molar-refractivity contribution in [3.63, 3.8) is 0 Å². The van der Waals surface area contributed by atoms with Crippen LogP contribution in [0.1, 0.15) is 26.6 Å². The molecule has 0 unspecified atom stereocenters. The number of carbonyl (C=O) groups is 2. The van der Waals surface area contributed by atoms with Crippen LogP contribution in [0.3, 0.4) is 0 Å². The minimum atomic E-state index is -1.13. The first-order chi connectivity index (χ1) is 8.99. The summed E-state index contributed by atoms with van der Waals surface area (Å²) in [6.45, 7) is 1.62. The maximum atomic E-state index is 11.9. The Morgan fingerprint density at radius 1 is 1.42 bits per heavy atom. The van der Waals surface area contributed by atoms with Gasteiger partial charge in [-0.3, -0.25) is 4.79 Å². The molecule has 7 heteroatoms. The van der Waals surface area contributed by atoms with Crippen LogP contribution in [0.5, 0.6) is 0 Å². The summed E-state index contributed by atoms with van der Waals surface area (Å²) < 4.78 is 5.55. The van der Waals surface area contributed by atoms with Crippen LogP contribution in [0.25, 0.3) is 0 Å². The Bertz CT molecular complexity index is 651. The third-order valence-electron chi connectivity index (χ3n) is 2.41. The van der Waals surface area contributed by atoms with Crippen molar-refractivity contribution in [2.75, 3.05) is 5.32 Å². The monoisotopic (exact) mass is 324 g/mol. The Balaban J connectivity index is 2.32. The number of oxazole rings is 1. The van der Waals surface area contributed by atoms with E-state index >= 15 is 0 Å². The van der Waals surface area contributed by atoms with E-state index in [2.05, 4.69) is 26.2 Å². The molecule has 1 aromatic heterocycles. The van der Waals surface area contributed by atoms with E-state index in [1.54, 1.807) is 13.0 Å². The summed E-state index contributed by atoms with van der Waals surface area (Å²) in [5, 5.41) is 11.6. The number of aryl methyl sites for hydroxylation is 1. The number of amides is 1. The van der Waals surface area contributed by atoms with Crippen LogP contribution in [0, 0.1) is 6.92 Å². The normalized spacial score (nSPS) is 10.2. The van der Waals surface area contributed by atoms with Gasteiger partial charge in [-0.2, -0.15) is 0 Å². The van der Waals surface area contributed by atoms with Crippen LogP contribution in [-0.4, -0.2) is 22.0 Å².